The van der Waals surface area contributed by atoms with Crippen molar-refractivity contribution in [3.05, 3.63) is 41.1 Å². The fourth-order valence-corrected chi connectivity index (χ4v) is 4.02. The minimum absolute atomic E-state index is 0.335. The Morgan fingerprint density at radius 2 is 2.03 bits per heavy atom. The van der Waals surface area contributed by atoms with E-state index in [-0.39, 0.29) is 5.97 Å². The van der Waals surface area contributed by atoms with Crippen LogP contribution < -0.4 is 10.1 Å². The maximum atomic E-state index is 13.0. The van der Waals surface area contributed by atoms with Crippen LogP contribution >= 0.6 is 11.8 Å². The van der Waals surface area contributed by atoms with E-state index < -0.39 is 6.04 Å². The van der Waals surface area contributed by atoms with Crippen LogP contribution in [-0.4, -0.2) is 39.7 Å². The predicted octanol–water partition coefficient (Wildman–Crippen LogP) is 5.20. The van der Waals surface area contributed by atoms with Gasteiger partial charge in [0.2, 0.25) is 11.1 Å². The lowest BCUT2D eigenvalue weighted by Crippen LogP contribution is -2.29. The van der Waals surface area contributed by atoms with E-state index >= 15 is 0 Å². The highest BCUT2D eigenvalue weighted by molar-refractivity contribution is 7.99. The average molecular weight is 445 g/mol. The summed E-state index contributed by atoms with van der Waals surface area (Å²) in [4.78, 5) is 17.7. The Morgan fingerprint density at radius 1 is 1.19 bits per heavy atom. The fraction of sp³-hybridized carbons (Fsp3) is 0.522. The lowest BCUT2D eigenvalue weighted by atomic mass is 9.95. The Balaban J connectivity index is 2.01. The number of benzene rings is 1. The van der Waals surface area contributed by atoms with Gasteiger partial charge in [0.15, 0.2) is 0 Å². The van der Waals surface area contributed by atoms with Gasteiger partial charge in [-0.2, -0.15) is 4.98 Å². The van der Waals surface area contributed by atoms with Gasteiger partial charge in [0.05, 0.1) is 18.8 Å². The first-order valence-electron chi connectivity index (χ1n) is 11.1. The molecule has 168 valence electrons. The van der Waals surface area contributed by atoms with Crippen LogP contribution in [0.4, 0.5) is 5.95 Å². The van der Waals surface area contributed by atoms with E-state index in [1.54, 1.807) is 16.4 Å². The Kier molecular flexibility index (Phi) is 8.40. The molecule has 1 aliphatic heterocycles. The van der Waals surface area contributed by atoms with Crippen LogP contribution in [-0.2, 0) is 9.53 Å². The molecule has 8 heteroatoms. The second-order valence-corrected chi connectivity index (χ2v) is 8.55. The summed E-state index contributed by atoms with van der Waals surface area (Å²) in [5.74, 6) is 2.02. The molecule has 1 N–H and O–H groups in total. The van der Waals surface area contributed by atoms with E-state index in [4.69, 9.17) is 14.6 Å². The van der Waals surface area contributed by atoms with Crippen molar-refractivity contribution in [3.63, 3.8) is 0 Å². The maximum absolute atomic E-state index is 13.0. The summed E-state index contributed by atoms with van der Waals surface area (Å²) in [7, 11) is 0. The number of hydrogen-bond acceptors (Lipinski definition) is 7. The molecular formula is C23H32N4O3S. The van der Waals surface area contributed by atoms with E-state index in [2.05, 4.69) is 24.1 Å². The molecule has 1 unspecified atom stereocenters. The van der Waals surface area contributed by atoms with Crippen LogP contribution in [0.15, 0.2) is 40.7 Å². The van der Waals surface area contributed by atoms with Crippen LogP contribution in [0.3, 0.4) is 0 Å². The number of carbonyl (C=O) groups excluding carboxylic acids is 1. The molecule has 1 aromatic heterocycles. The Labute approximate surface area is 188 Å². The second kappa shape index (κ2) is 11.2. The van der Waals surface area contributed by atoms with Gasteiger partial charge in [-0.25, -0.2) is 9.48 Å². The maximum Gasteiger partial charge on any atom is 0.338 e. The normalized spacial score (nSPS) is 15.4. The third kappa shape index (κ3) is 5.61. The number of fused-ring (bicyclic) bond motifs is 1. The number of aromatic nitrogens is 3. The van der Waals surface area contributed by atoms with Gasteiger partial charge in [-0.3, -0.25) is 0 Å². The summed E-state index contributed by atoms with van der Waals surface area (Å²) in [5.41, 5.74) is 2.19. The monoisotopic (exact) mass is 444 g/mol. The summed E-state index contributed by atoms with van der Waals surface area (Å²) < 4.78 is 13.2. The molecule has 0 bridgehead atoms. The Morgan fingerprint density at radius 3 is 2.77 bits per heavy atom. The van der Waals surface area contributed by atoms with Crippen molar-refractivity contribution in [3.8, 4) is 5.75 Å². The van der Waals surface area contributed by atoms with Gasteiger partial charge in [-0.05, 0) is 43.9 Å². The summed E-state index contributed by atoms with van der Waals surface area (Å²) in [6, 6.07) is 7.44. The molecule has 3 rings (SSSR count). The number of allylic oxidation sites excluding steroid dienone is 1. The van der Waals surface area contributed by atoms with Crippen molar-refractivity contribution < 1.29 is 14.3 Å². The van der Waals surface area contributed by atoms with Gasteiger partial charge in [0.25, 0.3) is 0 Å². The number of unbranched alkanes of at least 4 members (excludes halogenated alkanes) is 1. The van der Waals surface area contributed by atoms with Crippen molar-refractivity contribution in [2.75, 3.05) is 24.3 Å². The minimum atomic E-state index is -0.432. The molecule has 1 atom stereocenters. The van der Waals surface area contributed by atoms with Crippen molar-refractivity contribution in [2.24, 2.45) is 0 Å². The standard InChI is InChI=1S/C23H32N4O3S/c1-5-8-13-29-18-11-9-10-17(15-18)20-19(21(28)30-12-6-2)16(4)24-22-25-23(26-27(20)22)31-14-7-3/h9-11,15,20H,5-8,12-14H2,1-4H3,(H,24,25,26). The number of ether oxygens (including phenoxy) is 2. The van der Waals surface area contributed by atoms with Gasteiger partial charge in [-0.15, -0.1) is 5.10 Å². The summed E-state index contributed by atoms with van der Waals surface area (Å²) in [6.45, 7) is 9.17. The number of nitrogens with zero attached hydrogens (tertiary/aromatic N) is 3. The summed E-state index contributed by atoms with van der Waals surface area (Å²) in [5, 5.41) is 8.66. The number of rotatable bonds is 11. The number of hydrogen-bond donors (Lipinski definition) is 1. The molecule has 1 aromatic carbocycles. The van der Waals surface area contributed by atoms with Crippen LogP contribution in [0, 0.1) is 0 Å². The average Bonchev–Trinajstić information content (AvgIpc) is 3.17. The lowest BCUT2D eigenvalue weighted by Gasteiger charge is -2.28. The number of thioether (sulfide) groups is 1. The van der Waals surface area contributed by atoms with E-state index in [1.165, 1.54) is 0 Å². The van der Waals surface area contributed by atoms with E-state index in [1.807, 2.05) is 38.1 Å². The van der Waals surface area contributed by atoms with Crippen molar-refractivity contribution in [1.82, 2.24) is 14.8 Å². The van der Waals surface area contributed by atoms with Gasteiger partial charge in [-0.1, -0.05) is 51.1 Å². The summed E-state index contributed by atoms with van der Waals surface area (Å²) in [6.07, 6.45) is 3.87. The molecule has 31 heavy (non-hydrogen) atoms. The van der Waals surface area contributed by atoms with Crippen LogP contribution in [0.25, 0.3) is 0 Å². The third-order valence-corrected chi connectivity index (χ3v) is 5.91. The summed E-state index contributed by atoms with van der Waals surface area (Å²) >= 11 is 1.61. The topological polar surface area (TPSA) is 78.3 Å². The molecule has 1 aliphatic rings. The quantitative estimate of drug-likeness (QED) is 0.290. The number of anilines is 1. The highest BCUT2D eigenvalue weighted by Gasteiger charge is 2.35. The van der Waals surface area contributed by atoms with Crippen molar-refractivity contribution in [1.29, 1.82) is 0 Å². The van der Waals surface area contributed by atoms with Crippen molar-refractivity contribution >= 4 is 23.7 Å². The van der Waals surface area contributed by atoms with E-state index in [0.717, 1.165) is 48.4 Å². The second-order valence-electron chi connectivity index (χ2n) is 7.49. The first-order valence-corrected chi connectivity index (χ1v) is 12.0. The third-order valence-electron chi connectivity index (χ3n) is 4.87. The molecular weight excluding hydrogens is 412 g/mol. The molecule has 0 spiro atoms. The Bertz CT molecular complexity index is 925. The molecule has 0 saturated heterocycles. The molecule has 0 fully saturated rings. The van der Waals surface area contributed by atoms with Crippen molar-refractivity contribution in [2.45, 2.75) is 64.6 Å². The molecule has 0 radical (unpaired) electrons. The minimum Gasteiger partial charge on any atom is -0.494 e. The molecule has 0 aliphatic carbocycles. The molecule has 7 nitrogen and oxygen atoms in total. The SMILES string of the molecule is CCCCOc1cccc(C2C(C(=O)OCCC)=C(C)Nc3nc(SCCC)nn32)c1. The molecule has 0 saturated carbocycles. The predicted molar refractivity (Wildman–Crippen MR) is 124 cm³/mol. The van der Waals surface area contributed by atoms with Gasteiger partial charge in [0, 0.05) is 11.4 Å². The van der Waals surface area contributed by atoms with E-state index in [9.17, 15) is 4.79 Å². The zero-order chi connectivity index (χ0) is 22.2. The van der Waals surface area contributed by atoms with Gasteiger partial charge in [0.1, 0.15) is 11.8 Å². The number of nitrogens with one attached hydrogen (secondary N) is 1. The lowest BCUT2D eigenvalue weighted by molar-refractivity contribution is -0.139. The first-order chi connectivity index (χ1) is 15.1. The van der Waals surface area contributed by atoms with Crippen LogP contribution in [0.5, 0.6) is 5.75 Å². The zero-order valence-corrected chi connectivity index (χ0v) is 19.6. The zero-order valence-electron chi connectivity index (χ0n) is 18.8. The number of esters is 1. The Hall–Kier alpha value is -2.48. The smallest absolute Gasteiger partial charge is 0.338 e. The first kappa shape index (κ1) is 23.2. The van der Waals surface area contributed by atoms with Crippen LogP contribution in [0.1, 0.15) is 65.0 Å². The van der Waals surface area contributed by atoms with Crippen LogP contribution in [0.2, 0.25) is 0 Å². The number of carbonyl (C=O) groups is 1. The highest BCUT2D eigenvalue weighted by atomic mass is 32.2. The largest absolute Gasteiger partial charge is 0.494 e. The molecule has 2 aromatic rings. The molecule has 0 amide bonds. The van der Waals surface area contributed by atoms with Gasteiger partial charge < -0.3 is 14.8 Å². The fourth-order valence-electron chi connectivity index (χ4n) is 3.34. The van der Waals surface area contributed by atoms with E-state index in [0.29, 0.717) is 29.9 Å². The highest BCUT2D eigenvalue weighted by Crippen LogP contribution is 2.37. The van der Waals surface area contributed by atoms with Gasteiger partial charge >= 0.3 is 5.97 Å². The molecule has 2 heterocycles.